The zero-order chi connectivity index (χ0) is 8.27. The summed E-state index contributed by atoms with van der Waals surface area (Å²) in [6.07, 6.45) is 0. The Morgan fingerprint density at radius 3 is 2.91 bits per heavy atom. The van der Waals surface area contributed by atoms with Crippen LogP contribution >= 0.6 is 0 Å². The van der Waals surface area contributed by atoms with Crippen LogP contribution < -0.4 is 5.90 Å². The molecule has 3 N–H and O–H groups in total. The minimum Gasteiger partial charge on any atom is -0.475 e. The fourth-order valence-corrected chi connectivity index (χ4v) is 0.653. The molecule has 5 nitrogen and oxygen atoms in total. The number of carboxylic acid groups (broad SMARTS) is 1. The van der Waals surface area contributed by atoms with Gasteiger partial charge in [0.25, 0.3) is 0 Å². The van der Waals surface area contributed by atoms with Gasteiger partial charge in [-0.05, 0) is 12.1 Å². The molecule has 0 amide bonds. The molecule has 0 spiro atoms. The molecule has 1 rings (SSSR count). The topological polar surface area (TPSA) is 85.7 Å². The Balaban J connectivity index is 2.73. The summed E-state index contributed by atoms with van der Waals surface area (Å²) in [7, 11) is 0. The van der Waals surface area contributed by atoms with Crippen molar-refractivity contribution in [3.05, 3.63) is 23.7 Å². The minimum atomic E-state index is -1.10. The Labute approximate surface area is 62.3 Å². The largest absolute Gasteiger partial charge is 0.475 e. The molecular formula is C6H7NO4. The molecular weight excluding hydrogens is 150 g/mol. The molecule has 0 radical (unpaired) electrons. The summed E-state index contributed by atoms with van der Waals surface area (Å²) in [5, 5.41) is 8.40. The van der Waals surface area contributed by atoms with Crippen LogP contribution in [-0.4, -0.2) is 11.1 Å². The molecule has 5 heteroatoms. The summed E-state index contributed by atoms with van der Waals surface area (Å²) in [6.45, 7) is 0.0767. The number of hydrogen-bond donors (Lipinski definition) is 2. The van der Waals surface area contributed by atoms with Crippen LogP contribution in [0.5, 0.6) is 0 Å². The van der Waals surface area contributed by atoms with Crippen LogP contribution in [0.3, 0.4) is 0 Å². The van der Waals surface area contributed by atoms with Crippen molar-refractivity contribution in [3.63, 3.8) is 0 Å². The van der Waals surface area contributed by atoms with E-state index in [2.05, 4.69) is 4.84 Å². The molecule has 1 aromatic heterocycles. The Morgan fingerprint density at radius 2 is 2.45 bits per heavy atom. The second-order valence-electron chi connectivity index (χ2n) is 1.88. The van der Waals surface area contributed by atoms with Crippen molar-refractivity contribution < 1.29 is 19.2 Å². The standard InChI is InChI=1S/C6H7NO4/c7-10-3-4-1-2-5(11-4)6(8)9/h1-2H,3,7H2,(H,8,9). The van der Waals surface area contributed by atoms with E-state index in [1.165, 1.54) is 12.1 Å². The average molecular weight is 157 g/mol. The van der Waals surface area contributed by atoms with E-state index < -0.39 is 5.97 Å². The first-order chi connectivity index (χ1) is 5.24. The van der Waals surface area contributed by atoms with Gasteiger partial charge >= 0.3 is 5.97 Å². The van der Waals surface area contributed by atoms with Crippen LogP contribution in [0.4, 0.5) is 0 Å². The van der Waals surface area contributed by atoms with Crippen molar-refractivity contribution in [1.82, 2.24) is 0 Å². The number of carboxylic acids is 1. The summed E-state index contributed by atoms with van der Waals surface area (Å²) in [5.41, 5.74) is 0. The number of hydrogen-bond acceptors (Lipinski definition) is 4. The van der Waals surface area contributed by atoms with Gasteiger partial charge in [-0.1, -0.05) is 0 Å². The van der Waals surface area contributed by atoms with E-state index in [1.807, 2.05) is 0 Å². The van der Waals surface area contributed by atoms with Gasteiger partial charge in [-0.2, -0.15) is 0 Å². The third-order valence-corrected chi connectivity index (χ3v) is 1.10. The molecule has 0 fully saturated rings. The fraction of sp³-hybridized carbons (Fsp3) is 0.167. The van der Waals surface area contributed by atoms with Gasteiger partial charge in [0.1, 0.15) is 12.4 Å². The summed E-state index contributed by atoms with van der Waals surface area (Å²) in [4.78, 5) is 14.5. The van der Waals surface area contributed by atoms with Crippen molar-refractivity contribution in [2.24, 2.45) is 5.90 Å². The molecule has 0 aliphatic carbocycles. The molecule has 0 bridgehead atoms. The summed E-state index contributed by atoms with van der Waals surface area (Å²) < 4.78 is 4.78. The fourth-order valence-electron chi connectivity index (χ4n) is 0.653. The van der Waals surface area contributed by atoms with Crippen LogP contribution in [0.2, 0.25) is 0 Å². The van der Waals surface area contributed by atoms with Crippen molar-refractivity contribution in [1.29, 1.82) is 0 Å². The highest BCUT2D eigenvalue weighted by atomic mass is 16.6. The van der Waals surface area contributed by atoms with E-state index in [4.69, 9.17) is 15.4 Å². The maximum Gasteiger partial charge on any atom is 0.371 e. The first kappa shape index (κ1) is 7.77. The highest BCUT2D eigenvalue weighted by Gasteiger charge is 2.07. The van der Waals surface area contributed by atoms with Gasteiger partial charge in [0.2, 0.25) is 5.76 Å². The first-order valence-corrected chi connectivity index (χ1v) is 2.87. The highest BCUT2D eigenvalue weighted by Crippen LogP contribution is 2.07. The lowest BCUT2D eigenvalue weighted by atomic mass is 10.4. The third-order valence-electron chi connectivity index (χ3n) is 1.10. The van der Waals surface area contributed by atoms with Crippen molar-refractivity contribution in [2.75, 3.05) is 0 Å². The molecule has 0 aliphatic heterocycles. The number of carbonyl (C=O) groups is 1. The SMILES string of the molecule is NOCc1ccc(C(=O)O)o1. The van der Waals surface area contributed by atoms with Gasteiger partial charge in [0.05, 0.1) is 0 Å². The molecule has 0 aromatic carbocycles. The Bertz CT molecular complexity index is 255. The zero-order valence-electron chi connectivity index (χ0n) is 5.61. The van der Waals surface area contributed by atoms with E-state index in [1.54, 1.807) is 0 Å². The molecule has 0 aliphatic rings. The monoisotopic (exact) mass is 157 g/mol. The van der Waals surface area contributed by atoms with Crippen LogP contribution in [-0.2, 0) is 11.4 Å². The lowest BCUT2D eigenvalue weighted by Crippen LogP contribution is -1.97. The Morgan fingerprint density at radius 1 is 1.73 bits per heavy atom. The zero-order valence-corrected chi connectivity index (χ0v) is 5.61. The second-order valence-corrected chi connectivity index (χ2v) is 1.88. The van der Waals surface area contributed by atoms with Crippen molar-refractivity contribution >= 4 is 5.97 Å². The van der Waals surface area contributed by atoms with Gasteiger partial charge in [0.15, 0.2) is 0 Å². The molecule has 1 heterocycles. The average Bonchev–Trinajstić information content (AvgIpc) is 2.37. The third kappa shape index (κ3) is 1.79. The maximum absolute atomic E-state index is 10.3. The predicted molar refractivity (Wildman–Crippen MR) is 34.6 cm³/mol. The molecule has 60 valence electrons. The van der Waals surface area contributed by atoms with E-state index in [-0.39, 0.29) is 12.4 Å². The predicted octanol–water partition coefficient (Wildman–Crippen LogP) is 0.368. The number of rotatable bonds is 3. The van der Waals surface area contributed by atoms with Gasteiger partial charge < -0.3 is 9.52 Å². The summed E-state index contributed by atoms with van der Waals surface area (Å²) in [6, 6.07) is 2.84. The van der Waals surface area contributed by atoms with Crippen LogP contribution in [0.15, 0.2) is 16.5 Å². The number of aromatic carboxylic acids is 1. The molecule has 11 heavy (non-hydrogen) atoms. The van der Waals surface area contributed by atoms with Crippen molar-refractivity contribution in [2.45, 2.75) is 6.61 Å². The minimum absolute atomic E-state index is 0.0767. The van der Waals surface area contributed by atoms with E-state index in [9.17, 15) is 4.79 Å². The molecule has 0 unspecified atom stereocenters. The Hall–Kier alpha value is -1.33. The van der Waals surface area contributed by atoms with Crippen molar-refractivity contribution in [3.8, 4) is 0 Å². The second kappa shape index (κ2) is 3.18. The van der Waals surface area contributed by atoms with Crippen LogP contribution in [0, 0.1) is 0 Å². The number of nitrogens with two attached hydrogens (primary N) is 1. The summed E-state index contributed by atoms with van der Waals surface area (Å²) >= 11 is 0. The molecule has 0 saturated heterocycles. The summed E-state index contributed by atoms with van der Waals surface area (Å²) in [5.74, 6) is 3.91. The van der Waals surface area contributed by atoms with E-state index in [0.717, 1.165) is 0 Å². The number of furan rings is 1. The van der Waals surface area contributed by atoms with Crippen LogP contribution in [0.25, 0.3) is 0 Å². The lowest BCUT2D eigenvalue weighted by Gasteiger charge is -1.90. The van der Waals surface area contributed by atoms with Gasteiger partial charge in [-0.25, -0.2) is 10.7 Å². The van der Waals surface area contributed by atoms with Crippen LogP contribution in [0.1, 0.15) is 16.3 Å². The molecule has 0 atom stereocenters. The first-order valence-electron chi connectivity index (χ1n) is 2.87. The normalized spacial score (nSPS) is 9.91. The maximum atomic E-state index is 10.3. The highest BCUT2D eigenvalue weighted by molar-refractivity contribution is 5.84. The lowest BCUT2D eigenvalue weighted by molar-refractivity contribution is 0.0647. The molecule has 1 aromatic rings. The van der Waals surface area contributed by atoms with E-state index >= 15 is 0 Å². The Kier molecular flexibility index (Phi) is 2.25. The molecule has 0 saturated carbocycles. The van der Waals surface area contributed by atoms with Gasteiger partial charge in [0, 0.05) is 0 Å². The van der Waals surface area contributed by atoms with E-state index in [0.29, 0.717) is 5.76 Å². The van der Waals surface area contributed by atoms with Gasteiger partial charge in [-0.15, -0.1) is 0 Å². The van der Waals surface area contributed by atoms with Gasteiger partial charge in [-0.3, -0.25) is 4.84 Å². The quantitative estimate of drug-likeness (QED) is 0.619. The smallest absolute Gasteiger partial charge is 0.371 e.